The monoisotopic (exact) mass is 379 g/mol. The Labute approximate surface area is 162 Å². The second-order valence-corrected chi connectivity index (χ2v) is 7.83. The van der Waals surface area contributed by atoms with Crippen LogP contribution in [0.25, 0.3) is 0 Å². The highest BCUT2D eigenvalue weighted by atomic mass is 35.5. The molecular formula is C20H30ClN3O2. The Morgan fingerprint density at radius 1 is 1.19 bits per heavy atom. The lowest BCUT2D eigenvalue weighted by Gasteiger charge is -2.39. The molecule has 1 aromatic rings. The predicted octanol–water partition coefficient (Wildman–Crippen LogP) is 2.94. The average molecular weight is 380 g/mol. The van der Waals surface area contributed by atoms with Crippen molar-refractivity contribution in [3.05, 3.63) is 29.8 Å². The SMILES string of the molecule is Cc1ccc(N2CCCC(NC(=O)C3CCCCC3(C)N)C2=O)cc1.Cl. The topological polar surface area (TPSA) is 75.4 Å². The first-order chi connectivity index (χ1) is 11.9. The number of hydrogen-bond acceptors (Lipinski definition) is 3. The molecule has 0 radical (unpaired) electrons. The van der Waals surface area contributed by atoms with Crippen molar-refractivity contribution >= 4 is 29.9 Å². The Morgan fingerprint density at radius 2 is 1.88 bits per heavy atom. The third kappa shape index (κ3) is 4.38. The second kappa shape index (κ2) is 8.40. The van der Waals surface area contributed by atoms with Gasteiger partial charge in [0.1, 0.15) is 6.04 Å². The summed E-state index contributed by atoms with van der Waals surface area (Å²) in [6, 6.07) is 7.50. The molecule has 6 heteroatoms. The minimum absolute atomic E-state index is 0. The molecular weight excluding hydrogens is 350 g/mol. The zero-order valence-corrected chi connectivity index (χ0v) is 16.5. The van der Waals surface area contributed by atoms with E-state index in [4.69, 9.17) is 5.73 Å². The van der Waals surface area contributed by atoms with Gasteiger partial charge in [0, 0.05) is 17.8 Å². The fourth-order valence-electron chi connectivity index (χ4n) is 4.05. The number of amides is 2. The molecule has 0 aromatic heterocycles. The van der Waals surface area contributed by atoms with E-state index < -0.39 is 11.6 Å². The minimum atomic E-state index is -0.476. The lowest BCUT2D eigenvalue weighted by atomic mass is 9.74. The molecule has 1 heterocycles. The first-order valence-corrected chi connectivity index (χ1v) is 9.36. The summed E-state index contributed by atoms with van der Waals surface area (Å²) in [7, 11) is 0. The zero-order chi connectivity index (χ0) is 18.0. The van der Waals surface area contributed by atoms with E-state index in [9.17, 15) is 9.59 Å². The van der Waals surface area contributed by atoms with E-state index >= 15 is 0 Å². The van der Waals surface area contributed by atoms with Gasteiger partial charge in [-0.05, 0) is 51.7 Å². The molecule has 1 aromatic carbocycles. The van der Waals surface area contributed by atoms with Crippen LogP contribution >= 0.6 is 12.4 Å². The number of nitrogens with one attached hydrogen (secondary N) is 1. The number of carbonyl (C=O) groups is 2. The van der Waals surface area contributed by atoms with Gasteiger partial charge < -0.3 is 16.0 Å². The van der Waals surface area contributed by atoms with Crippen LogP contribution in [0.2, 0.25) is 0 Å². The maximum Gasteiger partial charge on any atom is 0.249 e. The van der Waals surface area contributed by atoms with Crippen LogP contribution in [0.4, 0.5) is 5.69 Å². The summed E-state index contributed by atoms with van der Waals surface area (Å²) >= 11 is 0. The number of nitrogens with zero attached hydrogens (tertiary/aromatic N) is 1. The maximum absolute atomic E-state index is 12.9. The van der Waals surface area contributed by atoms with Crippen LogP contribution in [0.3, 0.4) is 0 Å². The molecule has 2 amide bonds. The van der Waals surface area contributed by atoms with Crippen molar-refractivity contribution in [3.63, 3.8) is 0 Å². The lowest BCUT2D eigenvalue weighted by Crippen LogP contribution is -2.58. The lowest BCUT2D eigenvalue weighted by molar-refractivity contribution is -0.133. The minimum Gasteiger partial charge on any atom is -0.344 e. The summed E-state index contributed by atoms with van der Waals surface area (Å²) < 4.78 is 0. The van der Waals surface area contributed by atoms with Crippen LogP contribution < -0.4 is 16.0 Å². The number of anilines is 1. The highest BCUT2D eigenvalue weighted by Crippen LogP contribution is 2.32. The van der Waals surface area contributed by atoms with Gasteiger partial charge in [0.25, 0.3) is 0 Å². The quantitative estimate of drug-likeness (QED) is 0.847. The molecule has 2 aliphatic rings. The number of halogens is 1. The van der Waals surface area contributed by atoms with E-state index in [1.165, 1.54) is 0 Å². The second-order valence-electron chi connectivity index (χ2n) is 7.83. The summed E-state index contributed by atoms with van der Waals surface area (Å²) in [6.45, 7) is 4.68. The fraction of sp³-hybridized carbons (Fsp3) is 0.600. The first-order valence-electron chi connectivity index (χ1n) is 9.36. The van der Waals surface area contributed by atoms with Crippen LogP contribution in [-0.2, 0) is 9.59 Å². The number of nitrogens with two attached hydrogens (primary N) is 1. The number of rotatable bonds is 3. The zero-order valence-electron chi connectivity index (χ0n) is 15.7. The predicted molar refractivity (Wildman–Crippen MR) is 106 cm³/mol. The molecule has 5 nitrogen and oxygen atoms in total. The van der Waals surface area contributed by atoms with Crippen molar-refractivity contribution in [1.82, 2.24) is 5.32 Å². The summed E-state index contributed by atoms with van der Waals surface area (Å²) in [5.74, 6) is -0.282. The number of hydrogen-bond donors (Lipinski definition) is 2. The van der Waals surface area contributed by atoms with E-state index in [1.54, 1.807) is 4.90 Å². The van der Waals surface area contributed by atoms with E-state index in [0.717, 1.165) is 43.4 Å². The van der Waals surface area contributed by atoms with E-state index in [0.29, 0.717) is 13.0 Å². The molecule has 2 fully saturated rings. The highest BCUT2D eigenvalue weighted by molar-refractivity contribution is 6.00. The van der Waals surface area contributed by atoms with Gasteiger partial charge in [0.05, 0.1) is 5.92 Å². The number of aryl methyl sites for hydroxylation is 1. The smallest absolute Gasteiger partial charge is 0.249 e. The molecule has 3 rings (SSSR count). The van der Waals surface area contributed by atoms with Crippen LogP contribution in [-0.4, -0.2) is 29.9 Å². The molecule has 26 heavy (non-hydrogen) atoms. The van der Waals surface area contributed by atoms with Gasteiger partial charge in [-0.25, -0.2) is 0 Å². The van der Waals surface area contributed by atoms with Crippen molar-refractivity contribution in [2.75, 3.05) is 11.4 Å². The Kier molecular flexibility index (Phi) is 6.69. The van der Waals surface area contributed by atoms with E-state index in [2.05, 4.69) is 5.32 Å². The normalized spacial score (nSPS) is 29.0. The van der Waals surface area contributed by atoms with Gasteiger partial charge in [0.2, 0.25) is 11.8 Å². The van der Waals surface area contributed by atoms with Crippen molar-refractivity contribution in [2.45, 2.75) is 64.0 Å². The standard InChI is InChI=1S/C20H29N3O2.ClH/c1-14-8-10-15(11-9-14)23-13-5-7-17(19(23)25)22-18(24)16-6-3-4-12-20(16,2)21;/h8-11,16-17H,3-7,12-13,21H2,1-2H3,(H,22,24);1H. The molecule has 1 aliphatic heterocycles. The summed E-state index contributed by atoms with van der Waals surface area (Å²) in [5, 5.41) is 2.99. The van der Waals surface area contributed by atoms with Crippen LogP contribution in [0.15, 0.2) is 24.3 Å². The Bertz CT molecular complexity index is 645. The van der Waals surface area contributed by atoms with Crippen LogP contribution in [0.5, 0.6) is 0 Å². The van der Waals surface area contributed by atoms with Crippen LogP contribution in [0.1, 0.15) is 51.0 Å². The third-order valence-electron chi connectivity index (χ3n) is 5.67. The molecule has 3 atom stereocenters. The van der Waals surface area contributed by atoms with Crippen molar-refractivity contribution in [3.8, 4) is 0 Å². The third-order valence-corrected chi connectivity index (χ3v) is 5.67. The van der Waals surface area contributed by atoms with Crippen LogP contribution in [0, 0.1) is 12.8 Å². The van der Waals surface area contributed by atoms with Crippen molar-refractivity contribution in [2.24, 2.45) is 11.7 Å². The molecule has 1 aliphatic carbocycles. The summed E-state index contributed by atoms with van der Waals surface area (Å²) in [4.78, 5) is 27.4. The Balaban J connectivity index is 0.00000243. The molecule has 0 spiro atoms. The first kappa shape index (κ1) is 20.7. The van der Waals surface area contributed by atoms with Gasteiger partial charge in [-0.1, -0.05) is 30.5 Å². The van der Waals surface area contributed by atoms with Crippen molar-refractivity contribution < 1.29 is 9.59 Å². The number of piperidine rings is 1. The number of carbonyl (C=O) groups excluding carboxylic acids is 2. The summed E-state index contributed by atoms with van der Waals surface area (Å²) in [5.41, 5.74) is 7.93. The largest absolute Gasteiger partial charge is 0.344 e. The van der Waals surface area contributed by atoms with Gasteiger partial charge in [-0.15, -0.1) is 12.4 Å². The van der Waals surface area contributed by atoms with E-state index in [1.807, 2.05) is 38.1 Å². The molecule has 144 valence electrons. The molecule has 1 saturated heterocycles. The van der Waals surface area contributed by atoms with Gasteiger partial charge in [-0.2, -0.15) is 0 Å². The fourth-order valence-corrected chi connectivity index (χ4v) is 4.05. The van der Waals surface area contributed by atoms with Gasteiger partial charge in [-0.3, -0.25) is 9.59 Å². The summed E-state index contributed by atoms with van der Waals surface area (Å²) in [6.07, 6.45) is 5.34. The Morgan fingerprint density at radius 3 is 2.54 bits per heavy atom. The Hall–Kier alpha value is -1.59. The highest BCUT2D eigenvalue weighted by Gasteiger charge is 2.40. The maximum atomic E-state index is 12.9. The molecule has 3 N–H and O–H groups in total. The number of benzene rings is 1. The van der Waals surface area contributed by atoms with Crippen molar-refractivity contribution in [1.29, 1.82) is 0 Å². The molecule has 3 unspecified atom stereocenters. The molecule has 1 saturated carbocycles. The molecule has 0 bridgehead atoms. The van der Waals surface area contributed by atoms with Gasteiger partial charge in [0.15, 0.2) is 0 Å². The average Bonchev–Trinajstić information content (AvgIpc) is 2.57. The van der Waals surface area contributed by atoms with Gasteiger partial charge >= 0.3 is 0 Å². The van der Waals surface area contributed by atoms with E-state index in [-0.39, 0.29) is 30.1 Å².